The number of carbonyl (C=O) groups excluding carboxylic acids is 1. The van der Waals surface area contributed by atoms with Crippen molar-refractivity contribution in [1.82, 2.24) is 5.43 Å². The van der Waals surface area contributed by atoms with E-state index >= 15 is 0 Å². The number of halogens is 1. The zero-order valence-electron chi connectivity index (χ0n) is 16.8. The molecule has 0 atom stereocenters. The zero-order chi connectivity index (χ0) is 22.4. The second-order valence-corrected chi connectivity index (χ2v) is 8.16. The van der Waals surface area contributed by atoms with Gasteiger partial charge in [-0.05, 0) is 55.5 Å². The Balaban J connectivity index is 1.76. The third kappa shape index (κ3) is 5.46. The van der Waals surface area contributed by atoms with Crippen molar-refractivity contribution in [2.45, 2.75) is 11.8 Å². The van der Waals surface area contributed by atoms with Gasteiger partial charge in [0.2, 0.25) is 0 Å². The highest BCUT2D eigenvalue weighted by Crippen LogP contribution is 2.20. The van der Waals surface area contributed by atoms with Crippen molar-refractivity contribution in [3.63, 3.8) is 0 Å². The number of carbonyl (C=O) groups is 1. The van der Waals surface area contributed by atoms with E-state index in [1.165, 1.54) is 37.4 Å². The molecule has 0 aliphatic rings. The molecule has 0 fully saturated rings. The molecule has 0 bridgehead atoms. The molecule has 3 aromatic rings. The summed E-state index contributed by atoms with van der Waals surface area (Å²) in [5, 5.41) is 3.91. The molecule has 0 aliphatic carbocycles. The van der Waals surface area contributed by atoms with Crippen LogP contribution in [0.3, 0.4) is 0 Å². The van der Waals surface area contributed by atoms with Gasteiger partial charge in [0.25, 0.3) is 15.9 Å². The van der Waals surface area contributed by atoms with E-state index < -0.39 is 21.7 Å². The van der Waals surface area contributed by atoms with Crippen molar-refractivity contribution in [2.24, 2.45) is 5.10 Å². The molecule has 3 aromatic carbocycles. The molecule has 0 spiro atoms. The molecule has 0 aliphatic heterocycles. The first-order valence-corrected chi connectivity index (χ1v) is 10.6. The summed E-state index contributed by atoms with van der Waals surface area (Å²) in [6.45, 7) is 1.55. The number of hydrogen-bond acceptors (Lipinski definition) is 5. The maximum absolute atomic E-state index is 13.8. The van der Waals surface area contributed by atoms with Gasteiger partial charge >= 0.3 is 0 Å². The van der Waals surface area contributed by atoms with Crippen LogP contribution in [0.15, 0.2) is 82.8 Å². The highest BCUT2D eigenvalue weighted by molar-refractivity contribution is 7.92. The SMILES string of the molecule is COc1ccc(NS(=O)(=O)c2cccc(C(=O)N/N=C(\C)c3ccccc3F)c2)cc1. The Bertz CT molecular complexity index is 1230. The van der Waals surface area contributed by atoms with Crippen LogP contribution in [-0.4, -0.2) is 27.1 Å². The lowest BCUT2D eigenvalue weighted by Gasteiger charge is -2.10. The molecule has 3 rings (SSSR count). The molecular weight excluding hydrogens is 421 g/mol. The van der Waals surface area contributed by atoms with Gasteiger partial charge in [-0.25, -0.2) is 18.2 Å². The van der Waals surface area contributed by atoms with Gasteiger partial charge in [-0.1, -0.05) is 24.3 Å². The topological polar surface area (TPSA) is 96.9 Å². The number of hydrazone groups is 1. The minimum absolute atomic E-state index is 0.0858. The first-order valence-electron chi connectivity index (χ1n) is 9.16. The van der Waals surface area contributed by atoms with Crippen molar-refractivity contribution < 1.29 is 22.3 Å². The van der Waals surface area contributed by atoms with Crippen LogP contribution in [0.1, 0.15) is 22.8 Å². The summed E-state index contributed by atoms with van der Waals surface area (Å²) in [4.78, 5) is 12.3. The molecule has 160 valence electrons. The van der Waals surface area contributed by atoms with Gasteiger partial charge < -0.3 is 4.74 Å². The lowest BCUT2D eigenvalue weighted by molar-refractivity contribution is 0.0954. The van der Waals surface area contributed by atoms with E-state index in [0.29, 0.717) is 11.4 Å². The van der Waals surface area contributed by atoms with E-state index in [9.17, 15) is 17.6 Å². The summed E-state index contributed by atoms with van der Waals surface area (Å²) in [6, 6.07) is 17.9. The standard InChI is InChI=1S/C22H20FN3O4S/c1-15(20-8-3-4-9-21(20)23)24-25-22(27)16-6-5-7-19(14-16)31(28,29)26-17-10-12-18(30-2)13-11-17/h3-14,26H,1-2H3,(H,25,27)/b24-15+. The Morgan fingerprint density at radius 1 is 1.00 bits per heavy atom. The number of ether oxygens (including phenoxy) is 1. The fourth-order valence-corrected chi connectivity index (χ4v) is 3.80. The van der Waals surface area contributed by atoms with Crippen LogP contribution in [0.4, 0.5) is 10.1 Å². The van der Waals surface area contributed by atoms with Gasteiger partial charge in [0.1, 0.15) is 11.6 Å². The summed E-state index contributed by atoms with van der Waals surface area (Å²) in [5.74, 6) is -0.499. The van der Waals surface area contributed by atoms with Crippen molar-refractivity contribution in [1.29, 1.82) is 0 Å². The lowest BCUT2D eigenvalue weighted by atomic mass is 10.1. The summed E-state index contributed by atoms with van der Waals surface area (Å²) >= 11 is 0. The highest BCUT2D eigenvalue weighted by Gasteiger charge is 2.17. The average molecular weight is 441 g/mol. The second-order valence-electron chi connectivity index (χ2n) is 6.48. The predicted molar refractivity (Wildman–Crippen MR) is 116 cm³/mol. The third-order valence-corrected chi connectivity index (χ3v) is 5.72. The second kappa shape index (κ2) is 9.40. The molecular formula is C22H20FN3O4S. The van der Waals surface area contributed by atoms with Gasteiger partial charge in [0.05, 0.1) is 17.7 Å². The van der Waals surface area contributed by atoms with Gasteiger partial charge in [-0.15, -0.1) is 0 Å². The minimum atomic E-state index is -3.93. The van der Waals surface area contributed by atoms with Gasteiger partial charge in [0.15, 0.2) is 0 Å². The summed E-state index contributed by atoms with van der Waals surface area (Å²) < 4.78 is 46.7. The van der Waals surface area contributed by atoms with Crippen LogP contribution >= 0.6 is 0 Å². The Morgan fingerprint density at radius 3 is 2.39 bits per heavy atom. The van der Waals surface area contributed by atoms with Crippen LogP contribution in [0.5, 0.6) is 5.75 Å². The Hall–Kier alpha value is -3.72. The molecule has 0 aromatic heterocycles. The fraction of sp³-hybridized carbons (Fsp3) is 0.0909. The molecule has 0 saturated heterocycles. The number of methoxy groups -OCH3 is 1. The number of benzene rings is 3. The Labute approximate surface area is 179 Å². The van der Waals surface area contributed by atoms with Crippen molar-refractivity contribution in [3.8, 4) is 5.75 Å². The predicted octanol–water partition coefficient (Wildman–Crippen LogP) is 3.79. The molecule has 0 heterocycles. The lowest BCUT2D eigenvalue weighted by Crippen LogP contribution is -2.20. The van der Waals surface area contributed by atoms with Crippen LogP contribution in [0, 0.1) is 5.82 Å². The molecule has 0 saturated carbocycles. The Kier molecular flexibility index (Phi) is 6.66. The molecule has 9 heteroatoms. The largest absolute Gasteiger partial charge is 0.497 e. The number of rotatable bonds is 7. The molecule has 0 unspecified atom stereocenters. The first-order chi connectivity index (χ1) is 14.8. The molecule has 2 N–H and O–H groups in total. The maximum atomic E-state index is 13.8. The van der Waals surface area contributed by atoms with Gasteiger partial charge in [-0.3, -0.25) is 9.52 Å². The summed E-state index contributed by atoms with van der Waals surface area (Å²) in [7, 11) is -2.41. The molecule has 0 radical (unpaired) electrons. The van der Waals surface area contributed by atoms with E-state index in [4.69, 9.17) is 4.74 Å². The third-order valence-electron chi connectivity index (χ3n) is 4.34. The quantitative estimate of drug-likeness (QED) is 0.431. The number of hydrogen-bond donors (Lipinski definition) is 2. The van der Waals surface area contributed by atoms with Crippen LogP contribution in [0.2, 0.25) is 0 Å². The monoisotopic (exact) mass is 441 g/mol. The molecule has 7 nitrogen and oxygen atoms in total. The zero-order valence-corrected chi connectivity index (χ0v) is 17.6. The summed E-state index contributed by atoms with van der Waals surface area (Å²) in [6.07, 6.45) is 0. The van der Waals surface area contributed by atoms with Gasteiger partial charge in [0, 0.05) is 16.8 Å². The van der Waals surface area contributed by atoms with E-state index in [0.717, 1.165) is 0 Å². The number of sulfonamides is 1. The smallest absolute Gasteiger partial charge is 0.271 e. The van der Waals surface area contributed by atoms with Crippen molar-refractivity contribution >= 4 is 27.3 Å². The molecule has 31 heavy (non-hydrogen) atoms. The van der Waals surface area contributed by atoms with Crippen LogP contribution < -0.4 is 14.9 Å². The van der Waals surface area contributed by atoms with E-state index in [1.54, 1.807) is 49.4 Å². The number of nitrogens with one attached hydrogen (secondary N) is 2. The number of amides is 1. The highest BCUT2D eigenvalue weighted by atomic mass is 32.2. The average Bonchev–Trinajstić information content (AvgIpc) is 2.78. The maximum Gasteiger partial charge on any atom is 0.271 e. The van der Waals surface area contributed by atoms with E-state index in [-0.39, 0.29) is 21.7 Å². The van der Waals surface area contributed by atoms with E-state index in [2.05, 4.69) is 15.2 Å². The van der Waals surface area contributed by atoms with E-state index in [1.807, 2.05) is 0 Å². The summed E-state index contributed by atoms with van der Waals surface area (Å²) in [5.41, 5.74) is 3.28. The minimum Gasteiger partial charge on any atom is -0.497 e. The van der Waals surface area contributed by atoms with Crippen LogP contribution in [-0.2, 0) is 10.0 Å². The van der Waals surface area contributed by atoms with Gasteiger partial charge in [-0.2, -0.15) is 5.10 Å². The normalized spacial score (nSPS) is 11.6. The van der Waals surface area contributed by atoms with Crippen molar-refractivity contribution in [3.05, 3.63) is 89.7 Å². The molecule has 1 amide bonds. The first kappa shape index (κ1) is 22.0. The van der Waals surface area contributed by atoms with Crippen LogP contribution in [0.25, 0.3) is 0 Å². The number of anilines is 1. The van der Waals surface area contributed by atoms with Crippen molar-refractivity contribution in [2.75, 3.05) is 11.8 Å². The number of nitrogens with zero attached hydrogens (tertiary/aromatic N) is 1. The fourth-order valence-electron chi connectivity index (χ4n) is 2.69. The Morgan fingerprint density at radius 2 is 1.71 bits per heavy atom.